The van der Waals surface area contributed by atoms with E-state index in [1.165, 1.54) is 6.42 Å². The quantitative estimate of drug-likeness (QED) is 0.646. The van der Waals surface area contributed by atoms with Gasteiger partial charge in [0, 0.05) is 18.9 Å². The smallest absolute Gasteiger partial charge is 0.135 e. The molecule has 70 valence electrons. The highest BCUT2D eigenvalue weighted by Gasteiger charge is 2.17. The van der Waals surface area contributed by atoms with E-state index in [0.29, 0.717) is 18.3 Å². The van der Waals surface area contributed by atoms with Gasteiger partial charge in [-0.15, -0.1) is 0 Å². The van der Waals surface area contributed by atoms with E-state index >= 15 is 0 Å². The Kier molecular flexibility index (Phi) is 3.73. The van der Waals surface area contributed by atoms with E-state index in [-0.39, 0.29) is 5.92 Å². The first-order chi connectivity index (χ1) is 5.70. The lowest BCUT2D eigenvalue weighted by molar-refractivity contribution is -0.122. The predicted molar refractivity (Wildman–Crippen MR) is 48.1 cm³/mol. The first-order valence-corrected chi connectivity index (χ1v) is 4.84. The maximum absolute atomic E-state index is 11.2. The SMILES string of the molecule is CC(C)C(=O)CCC1CCCO1. The van der Waals surface area contributed by atoms with Gasteiger partial charge in [0.15, 0.2) is 0 Å². The summed E-state index contributed by atoms with van der Waals surface area (Å²) >= 11 is 0. The molecular weight excluding hydrogens is 152 g/mol. The Morgan fingerprint density at radius 2 is 2.33 bits per heavy atom. The molecule has 0 aromatic carbocycles. The molecule has 1 aliphatic rings. The van der Waals surface area contributed by atoms with E-state index < -0.39 is 0 Å². The van der Waals surface area contributed by atoms with Gasteiger partial charge in [0.05, 0.1) is 6.10 Å². The van der Waals surface area contributed by atoms with Crippen molar-refractivity contribution in [3.63, 3.8) is 0 Å². The topological polar surface area (TPSA) is 26.3 Å². The highest BCUT2D eigenvalue weighted by molar-refractivity contribution is 5.80. The Labute approximate surface area is 74.3 Å². The van der Waals surface area contributed by atoms with Crippen LogP contribution in [0.4, 0.5) is 0 Å². The number of Topliss-reactive ketones (excluding diaryl/α,β-unsaturated/α-hetero) is 1. The summed E-state index contributed by atoms with van der Waals surface area (Å²) in [6.07, 6.45) is 4.30. The minimum absolute atomic E-state index is 0.186. The van der Waals surface area contributed by atoms with E-state index in [1.807, 2.05) is 13.8 Å². The molecule has 0 N–H and O–H groups in total. The van der Waals surface area contributed by atoms with Crippen molar-refractivity contribution in [1.82, 2.24) is 0 Å². The molecule has 1 saturated heterocycles. The van der Waals surface area contributed by atoms with Crippen LogP contribution in [0, 0.1) is 5.92 Å². The lowest BCUT2D eigenvalue weighted by Crippen LogP contribution is -2.12. The van der Waals surface area contributed by atoms with Crippen LogP contribution in [0.2, 0.25) is 0 Å². The molecule has 1 aliphatic heterocycles. The van der Waals surface area contributed by atoms with Gasteiger partial charge < -0.3 is 4.74 Å². The number of hydrogen-bond donors (Lipinski definition) is 0. The second-order valence-electron chi connectivity index (χ2n) is 3.79. The molecule has 0 aliphatic carbocycles. The largest absolute Gasteiger partial charge is 0.378 e. The van der Waals surface area contributed by atoms with Gasteiger partial charge in [0.2, 0.25) is 0 Å². The Balaban J connectivity index is 2.12. The third-order valence-electron chi connectivity index (χ3n) is 2.38. The molecule has 0 spiro atoms. The highest BCUT2D eigenvalue weighted by Crippen LogP contribution is 2.17. The number of hydrogen-bond acceptors (Lipinski definition) is 2. The molecule has 1 fully saturated rings. The molecule has 2 nitrogen and oxygen atoms in total. The van der Waals surface area contributed by atoms with E-state index in [9.17, 15) is 4.79 Å². The van der Waals surface area contributed by atoms with Crippen LogP contribution < -0.4 is 0 Å². The lowest BCUT2D eigenvalue weighted by atomic mass is 10.0. The number of rotatable bonds is 4. The third kappa shape index (κ3) is 2.94. The molecule has 0 radical (unpaired) electrons. The van der Waals surface area contributed by atoms with Crippen molar-refractivity contribution in [1.29, 1.82) is 0 Å². The summed E-state index contributed by atoms with van der Waals surface area (Å²) in [6.45, 7) is 4.80. The van der Waals surface area contributed by atoms with Gasteiger partial charge in [-0.3, -0.25) is 4.79 Å². The Morgan fingerprint density at radius 1 is 1.58 bits per heavy atom. The first kappa shape index (κ1) is 9.72. The predicted octanol–water partition coefficient (Wildman–Crippen LogP) is 2.17. The number of carbonyl (C=O) groups is 1. The van der Waals surface area contributed by atoms with Crippen LogP contribution in [0.1, 0.15) is 39.5 Å². The Hall–Kier alpha value is -0.370. The van der Waals surface area contributed by atoms with E-state index in [4.69, 9.17) is 4.74 Å². The van der Waals surface area contributed by atoms with Gasteiger partial charge in [-0.05, 0) is 19.3 Å². The summed E-state index contributed by atoms with van der Waals surface area (Å²) in [5, 5.41) is 0. The molecule has 2 heteroatoms. The van der Waals surface area contributed by atoms with Crippen LogP contribution >= 0.6 is 0 Å². The van der Waals surface area contributed by atoms with Crippen LogP contribution in [-0.4, -0.2) is 18.5 Å². The standard InChI is InChI=1S/C10H18O2/c1-8(2)10(11)6-5-9-4-3-7-12-9/h8-9H,3-7H2,1-2H3. The van der Waals surface area contributed by atoms with Crippen LogP contribution in [0.3, 0.4) is 0 Å². The van der Waals surface area contributed by atoms with Crippen molar-refractivity contribution in [2.24, 2.45) is 5.92 Å². The van der Waals surface area contributed by atoms with Gasteiger partial charge in [-0.25, -0.2) is 0 Å². The van der Waals surface area contributed by atoms with Crippen molar-refractivity contribution in [2.75, 3.05) is 6.61 Å². The highest BCUT2D eigenvalue weighted by atomic mass is 16.5. The molecule has 0 aromatic rings. The number of carbonyl (C=O) groups excluding carboxylic acids is 1. The second-order valence-corrected chi connectivity index (χ2v) is 3.79. The normalized spacial score (nSPS) is 23.4. The van der Waals surface area contributed by atoms with Crippen molar-refractivity contribution < 1.29 is 9.53 Å². The van der Waals surface area contributed by atoms with Gasteiger partial charge in [0.25, 0.3) is 0 Å². The van der Waals surface area contributed by atoms with Crippen molar-refractivity contribution in [3.05, 3.63) is 0 Å². The first-order valence-electron chi connectivity index (χ1n) is 4.84. The average molecular weight is 170 g/mol. The summed E-state index contributed by atoms with van der Waals surface area (Å²) in [5.74, 6) is 0.553. The van der Waals surface area contributed by atoms with E-state index in [1.54, 1.807) is 0 Å². The Bertz CT molecular complexity index is 146. The minimum Gasteiger partial charge on any atom is -0.378 e. The molecule has 0 saturated carbocycles. The summed E-state index contributed by atoms with van der Waals surface area (Å²) in [7, 11) is 0. The van der Waals surface area contributed by atoms with E-state index in [0.717, 1.165) is 19.4 Å². The molecule has 0 amide bonds. The van der Waals surface area contributed by atoms with Crippen LogP contribution in [0.5, 0.6) is 0 Å². The fourth-order valence-corrected chi connectivity index (χ4v) is 1.46. The molecule has 0 aromatic heterocycles. The van der Waals surface area contributed by atoms with Crippen molar-refractivity contribution in [3.8, 4) is 0 Å². The average Bonchev–Trinajstić information content (AvgIpc) is 2.51. The monoisotopic (exact) mass is 170 g/mol. The molecule has 1 unspecified atom stereocenters. The fourth-order valence-electron chi connectivity index (χ4n) is 1.46. The molecule has 12 heavy (non-hydrogen) atoms. The molecule has 1 heterocycles. The van der Waals surface area contributed by atoms with Gasteiger partial charge in [0.1, 0.15) is 5.78 Å². The van der Waals surface area contributed by atoms with Crippen LogP contribution in [-0.2, 0) is 9.53 Å². The van der Waals surface area contributed by atoms with Crippen LogP contribution in [0.15, 0.2) is 0 Å². The van der Waals surface area contributed by atoms with Crippen LogP contribution in [0.25, 0.3) is 0 Å². The zero-order chi connectivity index (χ0) is 8.97. The molecule has 1 rings (SSSR count). The van der Waals surface area contributed by atoms with Crippen molar-refractivity contribution in [2.45, 2.75) is 45.6 Å². The van der Waals surface area contributed by atoms with Gasteiger partial charge >= 0.3 is 0 Å². The van der Waals surface area contributed by atoms with Gasteiger partial charge in [-0.1, -0.05) is 13.8 Å². The molecular formula is C10H18O2. The number of ether oxygens (including phenoxy) is 1. The van der Waals surface area contributed by atoms with Gasteiger partial charge in [-0.2, -0.15) is 0 Å². The van der Waals surface area contributed by atoms with Crippen molar-refractivity contribution >= 4 is 5.78 Å². The summed E-state index contributed by atoms with van der Waals surface area (Å²) < 4.78 is 5.43. The minimum atomic E-state index is 0.186. The lowest BCUT2D eigenvalue weighted by Gasteiger charge is -2.09. The fraction of sp³-hybridized carbons (Fsp3) is 0.900. The maximum atomic E-state index is 11.2. The summed E-state index contributed by atoms with van der Waals surface area (Å²) in [5.41, 5.74) is 0. The molecule has 1 atom stereocenters. The summed E-state index contributed by atoms with van der Waals surface area (Å²) in [4.78, 5) is 11.2. The summed E-state index contributed by atoms with van der Waals surface area (Å²) in [6, 6.07) is 0. The second kappa shape index (κ2) is 4.61. The zero-order valence-corrected chi connectivity index (χ0v) is 8.01. The maximum Gasteiger partial charge on any atom is 0.135 e. The third-order valence-corrected chi connectivity index (χ3v) is 2.38. The number of ketones is 1. The molecule has 0 bridgehead atoms. The Morgan fingerprint density at radius 3 is 2.83 bits per heavy atom. The zero-order valence-electron chi connectivity index (χ0n) is 8.01. The van der Waals surface area contributed by atoms with E-state index in [2.05, 4.69) is 0 Å².